The highest BCUT2D eigenvalue weighted by Crippen LogP contribution is 2.21. The predicted molar refractivity (Wildman–Crippen MR) is 193 cm³/mol. The summed E-state index contributed by atoms with van der Waals surface area (Å²) >= 11 is 0. The molecule has 0 saturated carbocycles. The van der Waals surface area contributed by atoms with Crippen LogP contribution in [0.2, 0.25) is 0 Å². The van der Waals surface area contributed by atoms with Crippen molar-refractivity contribution in [2.45, 2.75) is 48.5 Å². The summed E-state index contributed by atoms with van der Waals surface area (Å²) in [6, 6.07) is 13.2. The van der Waals surface area contributed by atoms with Crippen LogP contribution >= 0.6 is 0 Å². The quantitative estimate of drug-likeness (QED) is 0.135. The molecule has 0 spiro atoms. The maximum absolute atomic E-state index is 13.2. The Morgan fingerprint density at radius 1 is 0.453 bits per heavy atom. The second-order valence-corrected chi connectivity index (χ2v) is 12.2. The summed E-state index contributed by atoms with van der Waals surface area (Å²) in [6.45, 7) is 14.1. The number of esters is 3. The average molecular weight is 733 g/mol. The molecule has 0 unspecified atom stereocenters. The lowest BCUT2D eigenvalue weighted by Gasteiger charge is -2.28. The van der Waals surface area contributed by atoms with E-state index in [4.69, 9.17) is 14.2 Å². The van der Waals surface area contributed by atoms with Crippen LogP contribution in [0.4, 0.5) is 0 Å². The maximum atomic E-state index is 13.2. The van der Waals surface area contributed by atoms with Crippen molar-refractivity contribution in [1.82, 2.24) is 29.7 Å². The van der Waals surface area contributed by atoms with Crippen LogP contribution in [0, 0.1) is 5.41 Å². The SMILES string of the molecule is CCN(CC)C(=O)c1cccc(C(=O)OCC(C)(COC(=O)c2cccc(C(=O)N(CC)CC)n2)COC(=O)c2cccc(C(=O)N(CC)CC)n2)n1. The summed E-state index contributed by atoms with van der Waals surface area (Å²) in [5, 5.41) is 0. The number of hydrogen-bond acceptors (Lipinski definition) is 12. The number of amides is 3. The molecule has 3 rings (SSSR count). The van der Waals surface area contributed by atoms with Gasteiger partial charge in [0.15, 0.2) is 0 Å². The van der Waals surface area contributed by atoms with Crippen LogP contribution in [0.3, 0.4) is 0 Å². The van der Waals surface area contributed by atoms with Crippen LogP contribution in [0.5, 0.6) is 0 Å². The van der Waals surface area contributed by atoms with Gasteiger partial charge >= 0.3 is 17.9 Å². The number of ether oxygens (including phenoxy) is 3. The summed E-state index contributed by atoms with van der Waals surface area (Å²) in [4.78, 5) is 95.4. The smallest absolute Gasteiger partial charge is 0.356 e. The van der Waals surface area contributed by atoms with E-state index in [-0.39, 0.29) is 51.9 Å². The fraction of sp³-hybridized carbons (Fsp3) is 0.447. The van der Waals surface area contributed by atoms with Crippen molar-refractivity contribution < 1.29 is 43.0 Å². The van der Waals surface area contributed by atoms with Crippen LogP contribution in [0.1, 0.15) is 111 Å². The molecule has 53 heavy (non-hydrogen) atoms. The number of carbonyl (C=O) groups excluding carboxylic acids is 6. The standard InChI is InChI=1S/C38H48N6O9/c1-8-42(9-2)32(45)26-17-14-20-29(39-26)35(48)51-23-38(7,24-52-36(49)30-21-15-18-27(40-30)33(46)43(10-3)11-4)25-53-37(50)31-22-16-19-28(41-31)34(47)44(12-5)13-6/h14-22H,8-13,23-25H2,1-7H3. The Morgan fingerprint density at radius 3 is 0.906 bits per heavy atom. The molecule has 3 amide bonds. The molecule has 3 heterocycles. The van der Waals surface area contributed by atoms with Gasteiger partial charge in [0.1, 0.15) is 54.0 Å². The lowest BCUT2D eigenvalue weighted by molar-refractivity contribution is -0.0293. The molecular formula is C38H48N6O9. The van der Waals surface area contributed by atoms with E-state index in [9.17, 15) is 28.8 Å². The number of hydrogen-bond donors (Lipinski definition) is 0. The Bertz CT molecular complexity index is 1570. The first-order valence-electron chi connectivity index (χ1n) is 17.6. The Labute approximate surface area is 309 Å². The average Bonchev–Trinajstić information content (AvgIpc) is 3.19. The first kappa shape index (κ1) is 41.7. The zero-order valence-electron chi connectivity index (χ0n) is 31.4. The van der Waals surface area contributed by atoms with Crippen molar-refractivity contribution in [2.75, 3.05) is 59.1 Å². The zero-order valence-corrected chi connectivity index (χ0v) is 31.4. The predicted octanol–water partition coefficient (Wildman–Crippen LogP) is 4.19. The van der Waals surface area contributed by atoms with Gasteiger partial charge in [0.2, 0.25) is 0 Å². The largest absolute Gasteiger partial charge is 0.460 e. The van der Waals surface area contributed by atoms with Gasteiger partial charge in [0, 0.05) is 39.3 Å². The van der Waals surface area contributed by atoms with Gasteiger partial charge in [-0.3, -0.25) is 14.4 Å². The minimum atomic E-state index is -1.32. The Balaban J connectivity index is 1.83. The molecule has 0 aliphatic carbocycles. The van der Waals surface area contributed by atoms with Crippen molar-refractivity contribution in [3.05, 3.63) is 88.8 Å². The van der Waals surface area contributed by atoms with Crippen molar-refractivity contribution in [1.29, 1.82) is 0 Å². The van der Waals surface area contributed by atoms with Crippen LogP contribution in [-0.4, -0.2) is 124 Å². The number of carbonyl (C=O) groups is 6. The Kier molecular flexibility index (Phi) is 15.5. The molecular weight excluding hydrogens is 684 g/mol. The van der Waals surface area contributed by atoms with Crippen LogP contribution in [0.25, 0.3) is 0 Å². The molecule has 284 valence electrons. The fourth-order valence-corrected chi connectivity index (χ4v) is 5.09. The lowest BCUT2D eigenvalue weighted by atomic mass is 9.94. The summed E-state index contributed by atoms with van der Waals surface area (Å²) in [5.74, 6) is -3.63. The van der Waals surface area contributed by atoms with Crippen LogP contribution in [-0.2, 0) is 14.2 Å². The first-order valence-corrected chi connectivity index (χ1v) is 17.6. The highest BCUT2D eigenvalue weighted by Gasteiger charge is 2.33. The Hall–Kier alpha value is -5.73. The van der Waals surface area contributed by atoms with E-state index in [0.29, 0.717) is 39.3 Å². The van der Waals surface area contributed by atoms with E-state index >= 15 is 0 Å². The van der Waals surface area contributed by atoms with Gasteiger partial charge < -0.3 is 28.9 Å². The summed E-state index contributed by atoms with van der Waals surface area (Å²) in [7, 11) is 0. The number of aromatic nitrogens is 3. The number of pyridine rings is 3. The molecule has 0 radical (unpaired) electrons. The Morgan fingerprint density at radius 2 is 0.679 bits per heavy atom. The molecule has 0 aromatic carbocycles. The van der Waals surface area contributed by atoms with Gasteiger partial charge in [0.05, 0.1) is 5.41 Å². The van der Waals surface area contributed by atoms with E-state index in [1.165, 1.54) is 54.6 Å². The molecule has 15 nitrogen and oxygen atoms in total. The third-order valence-electron chi connectivity index (χ3n) is 8.34. The summed E-state index contributed by atoms with van der Waals surface area (Å²) in [6.07, 6.45) is 0. The van der Waals surface area contributed by atoms with Gasteiger partial charge in [-0.2, -0.15) is 0 Å². The highest BCUT2D eigenvalue weighted by atomic mass is 16.6. The minimum absolute atomic E-state index is 0.0668. The topological polar surface area (TPSA) is 178 Å². The van der Waals surface area contributed by atoms with Gasteiger partial charge in [-0.25, -0.2) is 29.3 Å². The van der Waals surface area contributed by atoms with Gasteiger partial charge in [0.25, 0.3) is 17.7 Å². The second-order valence-electron chi connectivity index (χ2n) is 12.2. The van der Waals surface area contributed by atoms with E-state index in [0.717, 1.165) is 0 Å². The van der Waals surface area contributed by atoms with E-state index in [1.807, 2.05) is 41.5 Å². The zero-order chi connectivity index (χ0) is 39.1. The third kappa shape index (κ3) is 11.1. The molecule has 0 aliphatic heterocycles. The molecule has 0 bridgehead atoms. The molecule has 0 aliphatic rings. The van der Waals surface area contributed by atoms with Crippen LogP contribution < -0.4 is 0 Å². The lowest BCUT2D eigenvalue weighted by Crippen LogP contribution is -2.37. The van der Waals surface area contributed by atoms with E-state index < -0.39 is 43.1 Å². The second kappa shape index (κ2) is 19.8. The first-order chi connectivity index (χ1) is 25.3. The minimum Gasteiger partial charge on any atom is -0.460 e. The number of nitrogens with zero attached hydrogens (tertiary/aromatic N) is 6. The summed E-state index contributed by atoms with van der Waals surface area (Å²) < 4.78 is 16.7. The van der Waals surface area contributed by atoms with Gasteiger partial charge in [-0.05, 0) is 84.9 Å². The van der Waals surface area contributed by atoms with Crippen molar-refractivity contribution in [3.8, 4) is 0 Å². The van der Waals surface area contributed by atoms with Crippen LogP contribution in [0.15, 0.2) is 54.6 Å². The molecule has 0 N–H and O–H groups in total. The van der Waals surface area contributed by atoms with E-state index in [2.05, 4.69) is 15.0 Å². The van der Waals surface area contributed by atoms with E-state index in [1.54, 1.807) is 21.6 Å². The maximum Gasteiger partial charge on any atom is 0.356 e. The molecule has 15 heteroatoms. The number of rotatable bonds is 18. The third-order valence-corrected chi connectivity index (χ3v) is 8.34. The van der Waals surface area contributed by atoms with Crippen molar-refractivity contribution >= 4 is 35.6 Å². The van der Waals surface area contributed by atoms with Crippen molar-refractivity contribution in [2.24, 2.45) is 5.41 Å². The monoisotopic (exact) mass is 732 g/mol. The summed E-state index contributed by atoms with van der Waals surface area (Å²) in [5.41, 5.74) is -1.50. The molecule has 0 saturated heterocycles. The highest BCUT2D eigenvalue weighted by molar-refractivity contribution is 5.96. The molecule has 0 fully saturated rings. The molecule has 3 aromatic heterocycles. The molecule has 3 aromatic rings. The fourth-order valence-electron chi connectivity index (χ4n) is 5.09. The van der Waals surface area contributed by atoms with Gasteiger partial charge in [-0.1, -0.05) is 18.2 Å². The molecule has 0 atom stereocenters. The van der Waals surface area contributed by atoms with Gasteiger partial charge in [-0.15, -0.1) is 0 Å². The normalized spacial score (nSPS) is 10.9. The van der Waals surface area contributed by atoms with Crippen molar-refractivity contribution in [3.63, 3.8) is 0 Å².